The van der Waals surface area contributed by atoms with Crippen molar-refractivity contribution in [2.24, 2.45) is 0 Å². The van der Waals surface area contributed by atoms with Gasteiger partial charge in [-0.3, -0.25) is 0 Å². The first-order valence-corrected chi connectivity index (χ1v) is 14.2. The molecular formula is C31H32F2N8O3. The molecule has 6 rings (SSSR count). The van der Waals surface area contributed by atoms with Crippen LogP contribution in [0.25, 0.3) is 5.69 Å². The summed E-state index contributed by atoms with van der Waals surface area (Å²) >= 11 is 0. The minimum atomic E-state index is -2.02. The molecule has 1 aliphatic rings. The van der Waals surface area contributed by atoms with Gasteiger partial charge in [0.05, 0.1) is 25.4 Å². The number of benzene rings is 3. The number of piperazine rings is 1. The maximum absolute atomic E-state index is 15.0. The molecule has 0 unspecified atom stereocenters. The number of nitrogens with zero attached hydrogens (tertiary/aromatic N) is 8. The molecule has 13 heteroatoms. The zero-order valence-corrected chi connectivity index (χ0v) is 24.3. The summed E-state index contributed by atoms with van der Waals surface area (Å²) in [5, 5.41) is 20.2. The average Bonchev–Trinajstić information content (AvgIpc) is 3.70. The molecule has 2 atom stereocenters. The van der Waals surface area contributed by atoms with E-state index in [1.54, 1.807) is 14.0 Å². The summed E-state index contributed by atoms with van der Waals surface area (Å²) < 4.78 is 37.8. The molecule has 1 fully saturated rings. The molecule has 0 aliphatic carbocycles. The average molecular weight is 603 g/mol. The predicted octanol–water partition coefficient (Wildman–Crippen LogP) is 3.39. The number of anilines is 2. The Hall–Kier alpha value is -5.04. The molecule has 0 bridgehead atoms. The molecule has 1 saturated heterocycles. The standard InChI is InChI=1S/C31H32F2N8O3/c1-22(31(43,18-39-20-34-19-35-39)28-11-6-23(32)16-29(28)33)41-30(42)40(21-36-41)25-9-7-24(8-10-25)37-12-14-38(15-13-37)26-4-3-5-27(17-26)44-2/h3-11,16-17,19-22,43H,12-15,18H2,1-2H3/t22-,31-/m1/s1. The first-order chi connectivity index (χ1) is 21.3. The predicted molar refractivity (Wildman–Crippen MR) is 160 cm³/mol. The summed E-state index contributed by atoms with van der Waals surface area (Å²) in [6.45, 7) is 4.66. The molecular weight excluding hydrogens is 570 g/mol. The van der Waals surface area contributed by atoms with Gasteiger partial charge in [-0.05, 0) is 49.4 Å². The molecule has 44 heavy (non-hydrogen) atoms. The molecule has 11 nitrogen and oxygen atoms in total. The molecule has 3 aromatic carbocycles. The van der Waals surface area contributed by atoms with Gasteiger partial charge in [0.15, 0.2) is 0 Å². The van der Waals surface area contributed by atoms with E-state index in [4.69, 9.17) is 4.74 Å². The van der Waals surface area contributed by atoms with E-state index in [1.165, 1.54) is 28.2 Å². The number of hydrogen-bond acceptors (Lipinski definition) is 8. The second-order valence-electron chi connectivity index (χ2n) is 10.7. The second-order valence-corrected chi connectivity index (χ2v) is 10.7. The highest BCUT2D eigenvalue weighted by atomic mass is 19.1. The Kier molecular flexibility index (Phi) is 7.87. The fraction of sp³-hybridized carbons (Fsp3) is 0.290. The van der Waals surface area contributed by atoms with Gasteiger partial charge in [0.1, 0.15) is 42.0 Å². The Morgan fingerprint density at radius 2 is 1.61 bits per heavy atom. The van der Waals surface area contributed by atoms with Crippen molar-refractivity contribution in [2.75, 3.05) is 43.1 Å². The molecule has 0 saturated carbocycles. The minimum Gasteiger partial charge on any atom is -0.497 e. The topological polar surface area (TPSA) is 106 Å². The van der Waals surface area contributed by atoms with Crippen LogP contribution in [0.3, 0.4) is 0 Å². The van der Waals surface area contributed by atoms with Crippen molar-refractivity contribution in [3.05, 3.63) is 113 Å². The summed E-state index contributed by atoms with van der Waals surface area (Å²) in [6.07, 6.45) is 4.00. The lowest BCUT2D eigenvalue weighted by Gasteiger charge is -2.37. The van der Waals surface area contributed by atoms with Crippen molar-refractivity contribution in [3.63, 3.8) is 0 Å². The van der Waals surface area contributed by atoms with Gasteiger partial charge in [0.2, 0.25) is 0 Å². The van der Waals surface area contributed by atoms with Crippen LogP contribution in [-0.2, 0) is 12.1 Å². The number of ether oxygens (including phenoxy) is 1. The normalized spacial score (nSPS) is 15.7. The van der Waals surface area contributed by atoms with Crippen LogP contribution in [0.15, 0.2) is 90.5 Å². The smallest absolute Gasteiger partial charge is 0.350 e. The quantitative estimate of drug-likeness (QED) is 0.274. The highest BCUT2D eigenvalue weighted by Crippen LogP contribution is 2.36. The number of halogens is 2. The number of methoxy groups -OCH3 is 1. The third kappa shape index (κ3) is 5.53. The fourth-order valence-electron chi connectivity index (χ4n) is 5.66. The maximum atomic E-state index is 15.0. The molecule has 1 N–H and O–H groups in total. The van der Waals surface area contributed by atoms with E-state index in [-0.39, 0.29) is 12.1 Å². The fourth-order valence-corrected chi connectivity index (χ4v) is 5.66. The zero-order chi connectivity index (χ0) is 30.8. The highest BCUT2D eigenvalue weighted by Gasteiger charge is 2.42. The van der Waals surface area contributed by atoms with Crippen LogP contribution in [0.2, 0.25) is 0 Å². The van der Waals surface area contributed by atoms with E-state index in [1.807, 2.05) is 42.5 Å². The highest BCUT2D eigenvalue weighted by molar-refractivity contribution is 5.55. The summed E-state index contributed by atoms with van der Waals surface area (Å²) in [5.41, 5.74) is -0.0104. The Morgan fingerprint density at radius 1 is 0.909 bits per heavy atom. The van der Waals surface area contributed by atoms with Gasteiger partial charge in [-0.25, -0.2) is 32.5 Å². The first-order valence-electron chi connectivity index (χ1n) is 14.2. The van der Waals surface area contributed by atoms with Crippen molar-refractivity contribution in [1.29, 1.82) is 0 Å². The number of rotatable bonds is 9. The van der Waals surface area contributed by atoms with E-state index in [0.29, 0.717) is 11.8 Å². The monoisotopic (exact) mass is 602 g/mol. The van der Waals surface area contributed by atoms with E-state index in [0.717, 1.165) is 60.1 Å². The van der Waals surface area contributed by atoms with Crippen molar-refractivity contribution >= 4 is 11.4 Å². The Balaban J connectivity index is 1.21. The molecule has 0 amide bonds. The number of aromatic nitrogens is 6. The van der Waals surface area contributed by atoms with Gasteiger partial charge >= 0.3 is 5.69 Å². The molecule has 228 valence electrons. The lowest BCUT2D eigenvalue weighted by Crippen LogP contribution is -2.46. The van der Waals surface area contributed by atoms with E-state index < -0.39 is 29.0 Å². The van der Waals surface area contributed by atoms with Crippen LogP contribution in [0.4, 0.5) is 20.2 Å². The van der Waals surface area contributed by atoms with Crippen LogP contribution < -0.4 is 20.2 Å². The van der Waals surface area contributed by atoms with Gasteiger partial charge in [-0.15, -0.1) is 0 Å². The third-order valence-electron chi connectivity index (χ3n) is 8.21. The van der Waals surface area contributed by atoms with Gasteiger partial charge in [0, 0.05) is 55.2 Å². The lowest BCUT2D eigenvalue weighted by atomic mass is 9.86. The molecule has 1 aliphatic heterocycles. The van der Waals surface area contributed by atoms with E-state index in [9.17, 15) is 18.7 Å². The molecule has 0 radical (unpaired) electrons. The van der Waals surface area contributed by atoms with Crippen molar-refractivity contribution < 1.29 is 18.6 Å². The SMILES string of the molecule is COc1cccc(N2CCN(c3ccc(-n4cnn([C@H](C)[C@](O)(Cn5cncn5)c5ccc(F)cc5F)c4=O)cc3)CC2)c1. The third-order valence-corrected chi connectivity index (χ3v) is 8.21. The van der Waals surface area contributed by atoms with Crippen LogP contribution in [0.5, 0.6) is 5.75 Å². The van der Waals surface area contributed by atoms with Gasteiger partial charge in [-0.1, -0.05) is 12.1 Å². The van der Waals surface area contributed by atoms with Crippen LogP contribution >= 0.6 is 0 Å². The van der Waals surface area contributed by atoms with E-state index in [2.05, 4.69) is 31.0 Å². The van der Waals surface area contributed by atoms with E-state index >= 15 is 0 Å². The molecule has 5 aromatic rings. The minimum absolute atomic E-state index is 0.195. The molecule has 2 aromatic heterocycles. The second kappa shape index (κ2) is 11.9. The maximum Gasteiger partial charge on any atom is 0.350 e. The van der Waals surface area contributed by atoms with Crippen LogP contribution in [0.1, 0.15) is 18.5 Å². The Bertz CT molecular complexity index is 1780. The summed E-state index contributed by atoms with van der Waals surface area (Å²) in [5.74, 6) is -0.909. The summed E-state index contributed by atoms with van der Waals surface area (Å²) in [7, 11) is 1.66. The summed E-state index contributed by atoms with van der Waals surface area (Å²) in [6, 6.07) is 17.5. The first kappa shape index (κ1) is 29.1. The zero-order valence-electron chi connectivity index (χ0n) is 24.3. The van der Waals surface area contributed by atoms with Crippen LogP contribution in [-0.4, -0.2) is 67.5 Å². The summed E-state index contributed by atoms with van der Waals surface area (Å²) in [4.78, 5) is 22.1. The lowest BCUT2D eigenvalue weighted by molar-refractivity contribution is -0.0381. The number of hydrogen-bond donors (Lipinski definition) is 1. The van der Waals surface area contributed by atoms with Gasteiger partial charge in [0.25, 0.3) is 0 Å². The molecule has 0 spiro atoms. The van der Waals surface area contributed by atoms with Gasteiger partial charge < -0.3 is 19.6 Å². The van der Waals surface area contributed by atoms with Crippen molar-refractivity contribution in [2.45, 2.75) is 25.1 Å². The largest absolute Gasteiger partial charge is 0.497 e. The molecule has 3 heterocycles. The van der Waals surface area contributed by atoms with Gasteiger partial charge in [-0.2, -0.15) is 10.2 Å². The number of aliphatic hydroxyl groups is 1. The Morgan fingerprint density at radius 3 is 2.27 bits per heavy atom. The van der Waals surface area contributed by atoms with Crippen LogP contribution in [0, 0.1) is 11.6 Å². The Labute approximate surface area is 252 Å². The van der Waals surface area contributed by atoms with Crippen molar-refractivity contribution in [3.8, 4) is 11.4 Å². The van der Waals surface area contributed by atoms with Crippen molar-refractivity contribution in [1.82, 2.24) is 29.1 Å².